The fourth-order valence-electron chi connectivity index (χ4n) is 2.75. The van der Waals surface area contributed by atoms with Gasteiger partial charge in [0.25, 0.3) is 11.6 Å². The lowest BCUT2D eigenvalue weighted by Crippen LogP contribution is -2.21. The maximum Gasteiger partial charge on any atom is 0.272 e. The van der Waals surface area contributed by atoms with Crippen molar-refractivity contribution in [3.8, 4) is 11.5 Å². The number of aromatic nitrogens is 2. The zero-order chi connectivity index (χ0) is 16.0. The molecule has 1 aliphatic heterocycles. The average Bonchev–Trinajstić information content (AvgIpc) is 3.25. The highest BCUT2D eigenvalue weighted by Crippen LogP contribution is 2.37. The summed E-state index contributed by atoms with van der Waals surface area (Å²) in [5.74, 6) is 0.219. The van der Waals surface area contributed by atoms with E-state index in [9.17, 15) is 14.9 Å². The molecule has 1 amide bonds. The Kier molecular flexibility index (Phi) is 2.77. The number of aromatic amines is 1. The van der Waals surface area contributed by atoms with E-state index in [1.807, 2.05) is 0 Å². The molecule has 4 rings (SSSR count). The molecule has 8 nitrogen and oxygen atoms in total. The summed E-state index contributed by atoms with van der Waals surface area (Å²) in [4.78, 5) is 22.6. The minimum absolute atomic E-state index is 0.0340. The van der Waals surface area contributed by atoms with E-state index in [0.717, 1.165) is 0 Å². The summed E-state index contributed by atoms with van der Waals surface area (Å²) >= 11 is 0. The number of rotatable bonds is 3. The van der Waals surface area contributed by atoms with Crippen molar-refractivity contribution in [1.29, 1.82) is 0 Å². The Labute approximate surface area is 129 Å². The molecule has 2 aromatic heterocycles. The van der Waals surface area contributed by atoms with E-state index in [1.54, 1.807) is 24.3 Å². The van der Waals surface area contributed by atoms with E-state index in [1.165, 1.54) is 18.4 Å². The summed E-state index contributed by atoms with van der Waals surface area (Å²) in [6, 6.07) is 9.13. The van der Waals surface area contributed by atoms with Gasteiger partial charge in [-0.25, -0.2) is 0 Å². The molecular weight excluding hydrogens is 300 g/mol. The molecule has 0 saturated carbocycles. The third-order valence-electron chi connectivity index (χ3n) is 3.77. The van der Waals surface area contributed by atoms with Gasteiger partial charge < -0.3 is 9.73 Å². The molecule has 3 heterocycles. The number of H-pyrrole nitrogens is 1. The maximum atomic E-state index is 12.1. The Hall–Kier alpha value is -3.42. The molecule has 0 bridgehead atoms. The van der Waals surface area contributed by atoms with Crippen LogP contribution in [0.15, 0.2) is 47.1 Å². The molecule has 0 fully saturated rings. The van der Waals surface area contributed by atoms with Crippen molar-refractivity contribution in [2.24, 2.45) is 0 Å². The number of nitro benzene ring substituents is 1. The van der Waals surface area contributed by atoms with Crippen molar-refractivity contribution in [2.45, 2.75) is 6.04 Å². The number of nitro groups is 1. The summed E-state index contributed by atoms with van der Waals surface area (Å²) in [7, 11) is 0. The molecule has 1 aliphatic rings. The first-order valence-corrected chi connectivity index (χ1v) is 6.82. The minimum Gasteiger partial charge on any atom is -0.463 e. The van der Waals surface area contributed by atoms with Gasteiger partial charge in [-0.3, -0.25) is 20.0 Å². The molecule has 3 aromatic rings. The van der Waals surface area contributed by atoms with Gasteiger partial charge in [-0.2, -0.15) is 5.10 Å². The van der Waals surface area contributed by atoms with Crippen LogP contribution in [0, 0.1) is 10.1 Å². The quantitative estimate of drug-likeness (QED) is 0.569. The van der Waals surface area contributed by atoms with Crippen molar-refractivity contribution >= 4 is 11.6 Å². The SMILES string of the molecule is O=C1NC(c2cccc([N+](=O)[O-])c2)c2c1n[nH]c2-c1ccco1. The van der Waals surface area contributed by atoms with Gasteiger partial charge >= 0.3 is 0 Å². The summed E-state index contributed by atoms with van der Waals surface area (Å²) < 4.78 is 5.37. The number of nitrogens with zero attached hydrogens (tertiary/aromatic N) is 2. The van der Waals surface area contributed by atoms with E-state index in [4.69, 9.17) is 4.42 Å². The van der Waals surface area contributed by atoms with Gasteiger partial charge in [-0.15, -0.1) is 0 Å². The molecule has 0 radical (unpaired) electrons. The third-order valence-corrected chi connectivity index (χ3v) is 3.77. The van der Waals surface area contributed by atoms with Crippen molar-refractivity contribution in [1.82, 2.24) is 15.5 Å². The van der Waals surface area contributed by atoms with Crippen molar-refractivity contribution in [3.63, 3.8) is 0 Å². The average molecular weight is 310 g/mol. The highest BCUT2D eigenvalue weighted by Gasteiger charge is 2.36. The second-order valence-electron chi connectivity index (χ2n) is 5.10. The summed E-state index contributed by atoms with van der Waals surface area (Å²) in [6.45, 7) is 0. The molecule has 0 saturated heterocycles. The fourth-order valence-corrected chi connectivity index (χ4v) is 2.75. The molecule has 8 heteroatoms. The predicted octanol–water partition coefficient (Wildman–Crippen LogP) is 2.41. The van der Waals surface area contributed by atoms with Crippen LogP contribution in [-0.2, 0) is 0 Å². The highest BCUT2D eigenvalue weighted by molar-refractivity contribution is 5.99. The Balaban J connectivity index is 1.85. The number of hydrogen-bond acceptors (Lipinski definition) is 5. The Morgan fingerprint density at radius 1 is 1.26 bits per heavy atom. The Bertz CT molecular complexity index is 913. The molecule has 114 valence electrons. The number of carbonyl (C=O) groups excluding carboxylic acids is 1. The van der Waals surface area contributed by atoms with Crippen LogP contribution in [0.5, 0.6) is 0 Å². The number of benzene rings is 1. The van der Waals surface area contributed by atoms with E-state index < -0.39 is 11.0 Å². The third kappa shape index (κ3) is 2.00. The smallest absolute Gasteiger partial charge is 0.272 e. The van der Waals surface area contributed by atoms with Gasteiger partial charge in [-0.05, 0) is 17.7 Å². The van der Waals surface area contributed by atoms with Crippen molar-refractivity contribution < 1.29 is 14.1 Å². The second-order valence-corrected chi connectivity index (χ2v) is 5.10. The van der Waals surface area contributed by atoms with Crippen molar-refractivity contribution in [2.75, 3.05) is 0 Å². The van der Waals surface area contributed by atoms with Gasteiger partial charge in [-0.1, -0.05) is 12.1 Å². The van der Waals surface area contributed by atoms with Gasteiger partial charge in [0.1, 0.15) is 5.69 Å². The monoisotopic (exact) mass is 310 g/mol. The van der Waals surface area contributed by atoms with Gasteiger partial charge in [0, 0.05) is 17.7 Å². The van der Waals surface area contributed by atoms with Crippen LogP contribution in [0.25, 0.3) is 11.5 Å². The first kappa shape index (κ1) is 13.3. The highest BCUT2D eigenvalue weighted by atomic mass is 16.6. The zero-order valence-corrected chi connectivity index (χ0v) is 11.6. The Morgan fingerprint density at radius 3 is 2.87 bits per heavy atom. The lowest BCUT2D eigenvalue weighted by molar-refractivity contribution is -0.384. The van der Waals surface area contributed by atoms with Crippen LogP contribution in [0.2, 0.25) is 0 Å². The summed E-state index contributed by atoms with van der Waals surface area (Å²) in [5, 5.41) is 20.6. The molecule has 0 spiro atoms. The van der Waals surface area contributed by atoms with Gasteiger partial charge in [0.2, 0.25) is 0 Å². The molecule has 1 aromatic carbocycles. The van der Waals surface area contributed by atoms with Crippen LogP contribution >= 0.6 is 0 Å². The van der Waals surface area contributed by atoms with Crippen molar-refractivity contribution in [3.05, 3.63) is 69.6 Å². The topological polar surface area (TPSA) is 114 Å². The summed E-state index contributed by atoms with van der Waals surface area (Å²) in [5.41, 5.74) is 2.06. The predicted molar refractivity (Wildman–Crippen MR) is 78.7 cm³/mol. The molecular formula is C15H10N4O4. The normalized spacial score (nSPS) is 16.2. The van der Waals surface area contributed by atoms with Crippen LogP contribution in [0.4, 0.5) is 5.69 Å². The maximum absolute atomic E-state index is 12.1. The van der Waals surface area contributed by atoms with Crippen LogP contribution in [-0.4, -0.2) is 21.0 Å². The first-order chi connectivity index (χ1) is 11.1. The number of nitrogens with one attached hydrogen (secondary N) is 2. The Morgan fingerprint density at radius 2 is 2.13 bits per heavy atom. The number of hydrogen-bond donors (Lipinski definition) is 2. The van der Waals surface area contributed by atoms with Crippen LogP contribution < -0.4 is 5.32 Å². The molecule has 2 N–H and O–H groups in total. The summed E-state index contributed by atoms with van der Waals surface area (Å²) in [6.07, 6.45) is 1.52. The van der Waals surface area contributed by atoms with Gasteiger partial charge in [0.15, 0.2) is 11.5 Å². The molecule has 23 heavy (non-hydrogen) atoms. The standard InChI is InChI=1S/C15H10N4O4/c20-15-14-11(13(17-18-14)10-5-2-6-23-10)12(16-15)8-3-1-4-9(7-8)19(21)22/h1-7,12H,(H,16,20)(H,17,18). The van der Waals surface area contributed by atoms with E-state index in [0.29, 0.717) is 22.6 Å². The number of carbonyl (C=O) groups is 1. The van der Waals surface area contributed by atoms with E-state index in [-0.39, 0.29) is 17.3 Å². The van der Waals surface area contributed by atoms with E-state index in [2.05, 4.69) is 15.5 Å². The second kappa shape index (κ2) is 4.80. The number of fused-ring (bicyclic) bond motifs is 1. The van der Waals surface area contributed by atoms with E-state index >= 15 is 0 Å². The molecule has 1 atom stereocenters. The lowest BCUT2D eigenvalue weighted by Gasteiger charge is -2.12. The fraction of sp³-hybridized carbons (Fsp3) is 0.0667. The van der Waals surface area contributed by atoms with Gasteiger partial charge in [0.05, 0.1) is 17.2 Å². The van der Waals surface area contributed by atoms with Crippen LogP contribution in [0.1, 0.15) is 27.7 Å². The molecule has 1 unspecified atom stereocenters. The zero-order valence-electron chi connectivity index (χ0n) is 11.6. The molecule has 0 aliphatic carbocycles. The van der Waals surface area contributed by atoms with Crippen LogP contribution in [0.3, 0.4) is 0 Å². The minimum atomic E-state index is -0.517. The lowest BCUT2D eigenvalue weighted by atomic mass is 9.98. The largest absolute Gasteiger partial charge is 0.463 e. The number of furan rings is 1. The first-order valence-electron chi connectivity index (χ1n) is 6.82. The number of non-ortho nitro benzene ring substituents is 1. The number of amides is 1.